The van der Waals surface area contributed by atoms with Gasteiger partial charge in [0.2, 0.25) is 0 Å². The van der Waals surface area contributed by atoms with Crippen molar-refractivity contribution in [2.75, 3.05) is 13.3 Å². The van der Waals surface area contributed by atoms with Gasteiger partial charge in [-0.05, 0) is 31.4 Å². The van der Waals surface area contributed by atoms with Crippen molar-refractivity contribution in [3.8, 4) is 0 Å². The van der Waals surface area contributed by atoms with Crippen LogP contribution >= 0.6 is 0 Å². The fourth-order valence-corrected chi connectivity index (χ4v) is 1.37. The van der Waals surface area contributed by atoms with Crippen molar-refractivity contribution in [1.29, 1.82) is 0 Å². The van der Waals surface area contributed by atoms with Gasteiger partial charge in [-0.2, -0.15) is 0 Å². The molecule has 2 N–H and O–H groups in total. The number of aliphatic hydroxyl groups excluding tert-OH is 1. The zero-order valence-electron chi connectivity index (χ0n) is 8.30. The summed E-state index contributed by atoms with van der Waals surface area (Å²) in [6.07, 6.45) is 0.980. The maximum atomic E-state index is 8.56. The molecule has 0 saturated heterocycles. The largest absolute Gasteiger partial charge is 0.381 e. The average Bonchev–Trinajstić information content (AvgIpc) is 2.11. The van der Waals surface area contributed by atoms with E-state index in [1.807, 2.05) is 0 Å². The summed E-state index contributed by atoms with van der Waals surface area (Å²) in [7, 11) is 0. The fourth-order valence-electron chi connectivity index (χ4n) is 1.37. The molecule has 0 heterocycles. The lowest BCUT2D eigenvalue weighted by atomic mass is 10.0. The van der Waals surface area contributed by atoms with E-state index in [-0.39, 0.29) is 6.73 Å². The molecule has 0 bridgehead atoms. The van der Waals surface area contributed by atoms with E-state index >= 15 is 0 Å². The summed E-state index contributed by atoms with van der Waals surface area (Å²) in [5.41, 5.74) is 3.98. The Hall–Kier alpha value is -0.860. The van der Waals surface area contributed by atoms with Crippen LogP contribution in [0.2, 0.25) is 0 Å². The Morgan fingerprint density at radius 2 is 2.08 bits per heavy atom. The first-order valence-corrected chi connectivity index (χ1v) is 4.61. The molecule has 1 aromatic rings. The predicted octanol–water partition coefficient (Wildman–Crippen LogP) is 1.39. The molecule has 0 unspecified atom stereocenters. The zero-order valence-corrected chi connectivity index (χ0v) is 8.30. The molecule has 72 valence electrons. The van der Waals surface area contributed by atoms with E-state index in [0.717, 1.165) is 13.0 Å². The zero-order chi connectivity index (χ0) is 9.68. The highest BCUT2D eigenvalue weighted by atomic mass is 16.3. The summed E-state index contributed by atoms with van der Waals surface area (Å²) in [6.45, 7) is 5.11. The molecule has 0 radical (unpaired) electrons. The average molecular weight is 179 g/mol. The molecule has 0 aliphatic carbocycles. The van der Waals surface area contributed by atoms with Crippen molar-refractivity contribution in [2.24, 2.45) is 0 Å². The van der Waals surface area contributed by atoms with E-state index < -0.39 is 0 Å². The molecular formula is C11H17NO. The summed E-state index contributed by atoms with van der Waals surface area (Å²) in [6, 6.07) is 6.47. The third-order valence-electron chi connectivity index (χ3n) is 2.19. The normalized spacial score (nSPS) is 10.4. The van der Waals surface area contributed by atoms with Gasteiger partial charge in [-0.25, -0.2) is 0 Å². The fraction of sp³-hybridized carbons (Fsp3) is 0.455. The Morgan fingerprint density at radius 3 is 2.77 bits per heavy atom. The van der Waals surface area contributed by atoms with Gasteiger partial charge in [-0.3, -0.25) is 5.32 Å². The predicted molar refractivity (Wildman–Crippen MR) is 54.7 cm³/mol. The number of hydrogen-bond donors (Lipinski definition) is 2. The molecule has 1 aromatic carbocycles. The van der Waals surface area contributed by atoms with E-state index in [2.05, 4.69) is 37.4 Å². The van der Waals surface area contributed by atoms with E-state index in [4.69, 9.17) is 5.11 Å². The van der Waals surface area contributed by atoms with Crippen molar-refractivity contribution in [2.45, 2.75) is 20.3 Å². The van der Waals surface area contributed by atoms with Crippen LogP contribution < -0.4 is 5.32 Å². The number of nitrogens with one attached hydrogen (secondary N) is 1. The minimum Gasteiger partial charge on any atom is -0.381 e. The molecule has 0 fully saturated rings. The molecule has 0 aliphatic heterocycles. The summed E-state index contributed by atoms with van der Waals surface area (Å²) in [5.74, 6) is 0. The third-order valence-corrected chi connectivity index (χ3v) is 2.19. The maximum Gasteiger partial charge on any atom is 0.0931 e. The molecule has 2 heteroatoms. The highest BCUT2D eigenvalue weighted by Gasteiger charge is 1.97. The summed E-state index contributed by atoms with van der Waals surface area (Å²) < 4.78 is 0. The van der Waals surface area contributed by atoms with E-state index in [1.165, 1.54) is 16.7 Å². The van der Waals surface area contributed by atoms with Crippen LogP contribution in [0.4, 0.5) is 0 Å². The first kappa shape index (κ1) is 10.2. The summed E-state index contributed by atoms with van der Waals surface area (Å²) in [5, 5.41) is 11.5. The molecule has 0 atom stereocenters. The smallest absolute Gasteiger partial charge is 0.0931 e. The van der Waals surface area contributed by atoms with Gasteiger partial charge in [0, 0.05) is 6.54 Å². The Morgan fingerprint density at radius 1 is 1.31 bits per heavy atom. The number of rotatable bonds is 4. The molecule has 0 saturated carbocycles. The van der Waals surface area contributed by atoms with Gasteiger partial charge in [-0.15, -0.1) is 0 Å². The van der Waals surface area contributed by atoms with Crippen molar-refractivity contribution < 1.29 is 5.11 Å². The van der Waals surface area contributed by atoms with Gasteiger partial charge in [0.05, 0.1) is 6.73 Å². The van der Waals surface area contributed by atoms with Gasteiger partial charge in [0.15, 0.2) is 0 Å². The first-order chi connectivity index (χ1) is 6.24. The van der Waals surface area contributed by atoms with Crippen molar-refractivity contribution >= 4 is 0 Å². The van der Waals surface area contributed by atoms with Crippen LogP contribution in [-0.4, -0.2) is 18.4 Å². The van der Waals surface area contributed by atoms with Gasteiger partial charge in [0.25, 0.3) is 0 Å². The Kier molecular flexibility index (Phi) is 3.93. The standard InChI is InChI=1S/C11H17NO/c1-9-3-4-10(2)11(7-9)5-6-12-8-13/h3-4,7,12-13H,5-6,8H2,1-2H3. The van der Waals surface area contributed by atoms with Crippen molar-refractivity contribution in [1.82, 2.24) is 5.32 Å². The van der Waals surface area contributed by atoms with Crippen LogP contribution in [0.3, 0.4) is 0 Å². The molecule has 2 nitrogen and oxygen atoms in total. The van der Waals surface area contributed by atoms with Crippen LogP contribution in [0.25, 0.3) is 0 Å². The summed E-state index contributed by atoms with van der Waals surface area (Å²) in [4.78, 5) is 0. The Labute approximate surface area is 79.6 Å². The lowest BCUT2D eigenvalue weighted by molar-refractivity contribution is 0.262. The van der Waals surface area contributed by atoms with Crippen molar-refractivity contribution in [3.63, 3.8) is 0 Å². The minimum absolute atomic E-state index is 0.0604. The number of hydrogen-bond acceptors (Lipinski definition) is 2. The maximum absolute atomic E-state index is 8.56. The lowest BCUT2D eigenvalue weighted by Crippen LogP contribution is -2.18. The SMILES string of the molecule is Cc1ccc(C)c(CCNCO)c1. The van der Waals surface area contributed by atoms with Gasteiger partial charge >= 0.3 is 0 Å². The van der Waals surface area contributed by atoms with Gasteiger partial charge < -0.3 is 5.11 Å². The number of aryl methyl sites for hydroxylation is 2. The second-order valence-corrected chi connectivity index (χ2v) is 3.34. The van der Waals surface area contributed by atoms with Gasteiger partial charge in [0.1, 0.15) is 0 Å². The summed E-state index contributed by atoms with van der Waals surface area (Å²) >= 11 is 0. The Balaban J connectivity index is 2.59. The van der Waals surface area contributed by atoms with E-state index in [9.17, 15) is 0 Å². The highest BCUT2D eigenvalue weighted by Crippen LogP contribution is 2.10. The topological polar surface area (TPSA) is 32.3 Å². The molecule has 0 amide bonds. The second-order valence-electron chi connectivity index (χ2n) is 3.34. The van der Waals surface area contributed by atoms with Gasteiger partial charge in [-0.1, -0.05) is 23.8 Å². The molecule has 0 aromatic heterocycles. The number of benzene rings is 1. The molecule has 0 spiro atoms. The van der Waals surface area contributed by atoms with E-state index in [1.54, 1.807) is 0 Å². The monoisotopic (exact) mass is 179 g/mol. The van der Waals surface area contributed by atoms with Crippen LogP contribution in [-0.2, 0) is 6.42 Å². The second kappa shape index (κ2) is 5.00. The van der Waals surface area contributed by atoms with Crippen LogP contribution in [0.5, 0.6) is 0 Å². The number of aliphatic hydroxyl groups is 1. The molecule has 1 rings (SSSR count). The van der Waals surface area contributed by atoms with Crippen LogP contribution in [0, 0.1) is 13.8 Å². The molecular weight excluding hydrogens is 162 g/mol. The first-order valence-electron chi connectivity index (χ1n) is 4.61. The molecule has 0 aliphatic rings. The van der Waals surface area contributed by atoms with Crippen LogP contribution in [0.15, 0.2) is 18.2 Å². The van der Waals surface area contributed by atoms with Crippen LogP contribution in [0.1, 0.15) is 16.7 Å². The highest BCUT2D eigenvalue weighted by molar-refractivity contribution is 5.30. The lowest BCUT2D eigenvalue weighted by Gasteiger charge is -2.06. The molecule has 13 heavy (non-hydrogen) atoms. The van der Waals surface area contributed by atoms with E-state index in [0.29, 0.717) is 0 Å². The minimum atomic E-state index is 0.0604. The quantitative estimate of drug-likeness (QED) is 0.540. The third kappa shape index (κ3) is 3.17. The van der Waals surface area contributed by atoms with Crippen molar-refractivity contribution in [3.05, 3.63) is 34.9 Å². The Bertz CT molecular complexity index is 271.